The van der Waals surface area contributed by atoms with E-state index in [9.17, 15) is 9.59 Å². The van der Waals surface area contributed by atoms with E-state index >= 15 is 0 Å². The van der Waals surface area contributed by atoms with Gasteiger partial charge in [0, 0.05) is 51.5 Å². The predicted octanol–water partition coefficient (Wildman–Crippen LogP) is 0.199. The molecule has 0 bridgehead atoms. The number of nitrogens with one attached hydrogen (secondary N) is 3. The smallest absolute Gasteiger partial charge is 0.315 e. The number of carbonyl (C=O) groups excluding carboxylic acids is 2. The van der Waals surface area contributed by atoms with Crippen molar-refractivity contribution in [1.82, 2.24) is 25.5 Å². The lowest BCUT2D eigenvalue weighted by Crippen LogP contribution is -2.49. The van der Waals surface area contributed by atoms with Crippen molar-refractivity contribution in [1.29, 1.82) is 0 Å². The van der Waals surface area contributed by atoms with Gasteiger partial charge in [0.25, 0.3) is 0 Å². The van der Waals surface area contributed by atoms with Crippen molar-refractivity contribution in [3.8, 4) is 0 Å². The van der Waals surface area contributed by atoms with E-state index in [1.165, 1.54) is 0 Å². The van der Waals surface area contributed by atoms with E-state index in [0.29, 0.717) is 32.0 Å². The summed E-state index contributed by atoms with van der Waals surface area (Å²) >= 11 is 0. The van der Waals surface area contributed by atoms with Crippen molar-refractivity contribution < 1.29 is 9.59 Å². The van der Waals surface area contributed by atoms with E-state index in [4.69, 9.17) is 0 Å². The number of carbonyl (C=O) groups is 2. The third-order valence-corrected chi connectivity index (χ3v) is 3.56. The number of anilines is 1. The second kappa shape index (κ2) is 8.16. The van der Waals surface area contributed by atoms with Crippen molar-refractivity contribution in [2.24, 2.45) is 0 Å². The molecule has 3 amide bonds. The van der Waals surface area contributed by atoms with Crippen LogP contribution in [0.5, 0.6) is 0 Å². The maximum atomic E-state index is 11.8. The number of urea groups is 1. The topological polar surface area (TPSA) is 99.2 Å². The zero-order valence-electron chi connectivity index (χ0n) is 12.7. The molecule has 3 N–H and O–H groups in total. The number of nitrogens with zero attached hydrogens (tertiary/aromatic N) is 3. The third-order valence-electron chi connectivity index (χ3n) is 3.56. The Morgan fingerprint density at radius 1 is 1.27 bits per heavy atom. The first-order chi connectivity index (χ1) is 10.6. The van der Waals surface area contributed by atoms with Crippen LogP contribution in [0.25, 0.3) is 0 Å². The van der Waals surface area contributed by atoms with E-state index < -0.39 is 0 Å². The molecular weight excluding hydrogens is 284 g/mol. The molecule has 0 radical (unpaired) electrons. The molecule has 0 aromatic carbocycles. The first-order valence-electron chi connectivity index (χ1n) is 7.45. The second-order valence-corrected chi connectivity index (χ2v) is 5.20. The van der Waals surface area contributed by atoms with Crippen LogP contribution in [-0.4, -0.2) is 59.0 Å². The molecule has 1 aliphatic heterocycles. The molecule has 8 heteroatoms. The lowest BCUT2D eigenvalue weighted by Gasteiger charge is -2.31. The highest BCUT2D eigenvalue weighted by atomic mass is 16.2. The van der Waals surface area contributed by atoms with Crippen molar-refractivity contribution in [2.45, 2.75) is 25.8 Å². The number of hydrogen-bond acceptors (Lipinski definition) is 5. The van der Waals surface area contributed by atoms with Crippen molar-refractivity contribution in [3.63, 3.8) is 0 Å². The van der Waals surface area contributed by atoms with Gasteiger partial charge < -0.3 is 20.9 Å². The zero-order valence-corrected chi connectivity index (χ0v) is 12.7. The Hall–Kier alpha value is -2.38. The summed E-state index contributed by atoms with van der Waals surface area (Å²) in [7, 11) is 0. The summed E-state index contributed by atoms with van der Waals surface area (Å²) in [5.41, 5.74) is 0. The second-order valence-electron chi connectivity index (χ2n) is 5.20. The number of hydrogen-bond donors (Lipinski definition) is 3. The van der Waals surface area contributed by atoms with Crippen LogP contribution in [0, 0.1) is 0 Å². The van der Waals surface area contributed by atoms with Crippen LogP contribution < -0.4 is 16.0 Å². The number of amides is 3. The Kier molecular flexibility index (Phi) is 5.93. The van der Waals surface area contributed by atoms with Crippen molar-refractivity contribution >= 4 is 17.8 Å². The van der Waals surface area contributed by atoms with Gasteiger partial charge in [-0.25, -0.2) is 9.78 Å². The first-order valence-corrected chi connectivity index (χ1v) is 7.45. The highest BCUT2D eigenvalue weighted by Gasteiger charge is 2.21. The molecule has 0 saturated carbocycles. The number of aromatic nitrogens is 2. The molecule has 0 aliphatic carbocycles. The summed E-state index contributed by atoms with van der Waals surface area (Å²) < 4.78 is 0. The average Bonchev–Trinajstić information content (AvgIpc) is 2.53. The van der Waals surface area contributed by atoms with Crippen LogP contribution >= 0.6 is 0 Å². The maximum Gasteiger partial charge on any atom is 0.315 e. The number of piperidine rings is 1. The molecule has 1 fully saturated rings. The van der Waals surface area contributed by atoms with E-state index in [1.807, 2.05) is 0 Å². The maximum absolute atomic E-state index is 11.8. The zero-order chi connectivity index (χ0) is 15.8. The van der Waals surface area contributed by atoms with E-state index in [2.05, 4.69) is 25.9 Å². The molecule has 8 nitrogen and oxygen atoms in total. The molecule has 22 heavy (non-hydrogen) atoms. The van der Waals surface area contributed by atoms with Crippen molar-refractivity contribution in [3.05, 3.63) is 18.6 Å². The Morgan fingerprint density at radius 2 is 2.05 bits per heavy atom. The summed E-state index contributed by atoms with van der Waals surface area (Å²) in [5.74, 6) is 0.777. The SMILES string of the molecule is CC(=O)N1CCC(NC(=O)NCCNc2cnccn2)CC1. The van der Waals surface area contributed by atoms with Crippen LogP contribution in [-0.2, 0) is 4.79 Å². The molecule has 1 aromatic rings. The Balaban J connectivity index is 1.57. The molecule has 1 saturated heterocycles. The van der Waals surface area contributed by atoms with Gasteiger partial charge in [-0.05, 0) is 12.8 Å². The fourth-order valence-corrected chi connectivity index (χ4v) is 2.33. The summed E-state index contributed by atoms with van der Waals surface area (Å²) in [6, 6.07) is -0.0502. The third kappa shape index (κ3) is 5.19. The van der Waals surface area contributed by atoms with Gasteiger partial charge in [0.2, 0.25) is 5.91 Å². The highest BCUT2D eigenvalue weighted by Crippen LogP contribution is 2.10. The van der Waals surface area contributed by atoms with Gasteiger partial charge in [-0.1, -0.05) is 0 Å². The number of likely N-dealkylation sites (tertiary alicyclic amines) is 1. The molecule has 0 atom stereocenters. The van der Waals surface area contributed by atoms with Gasteiger partial charge >= 0.3 is 6.03 Å². The van der Waals surface area contributed by atoms with Crippen LogP contribution in [0.4, 0.5) is 10.6 Å². The van der Waals surface area contributed by atoms with Crippen LogP contribution in [0.2, 0.25) is 0 Å². The molecule has 0 unspecified atom stereocenters. The molecular formula is C14H22N6O2. The average molecular weight is 306 g/mol. The van der Waals surface area contributed by atoms with Gasteiger partial charge in [0.15, 0.2) is 0 Å². The van der Waals surface area contributed by atoms with E-state index in [0.717, 1.165) is 12.8 Å². The van der Waals surface area contributed by atoms with Crippen LogP contribution in [0.15, 0.2) is 18.6 Å². The van der Waals surface area contributed by atoms with Crippen molar-refractivity contribution in [2.75, 3.05) is 31.5 Å². The minimum absolute atomic E-state index is 0.0954. The molecule has 2 heterocycles. The van der Waals surface area contributed by atoms with Gasteiger partial charge in [-0.3, -0.25) is 9.78 Å². The summed E-state index contributed by atoms with van der Waals surface area (Å²) in [5, 5.41) is 8.79. The highest BCUT2D eigenvalue weighted by molar-refractivity contribution is 5.75. The van der Waals surface area contributed by atoms with Gasteiger partial charge in [-0.2, -0.15) is 0 Å². The Labute approximate surface area is 129 Å². The number of rotatable bonds is 5. The van der Waals surface area contributed by atoms with Gasteiger partial charge in [0.05, 0.1) is 6.20 Å². The fraction of sp³-hybridized carbons (Fsp3) is 0.571. The predicted molar refractivity (Wildman–Crippen MR) is 82.3 cm³/mol. The minimum atomic E-state index is -0.178. The summed E-state index contributed by atoms with van der Waals surface area (Å²) in [4.78, 5) is 32.8. The molecule has 1 aromatic heterocycles. The Morgan fingerprint density at radius 3 is 2.68 bits per heavy atom. The van der Waals surface area contributed by atoms with Crippen LogP contribution in [0.1, 0.15) is 19.8 Å². The Bertz CT molecular complexity index is 487. The first kappa shape index (κ1) is 16.0. The monoisotopic (exact) mass is 306 g/mol. The van der Waals surface area contributed by atoms with Gasteiger partial charge in [-0.15, -0.1) is 0 Å². The molecule has 2 rings (SSSR count). The summed E-state index contributed by atoms with van der Waals surface area (Å²) in [6.07, 6.45) is 6.43. The molecule has 120 valence electrons. The van der Waals surface area contributed by atoms with Crippen LogP contribution in [0.3, 0.4) is 0 Å². The largest absolute Gasteiger partial charge is 0.367 e. The molecule has 1 aliphatic rings. The fourth-order valence-electron chi connectivity index (χ4n) is 2.33. The lowest BCUT2D eigenvalue weighted by atomic mass is 10.1. The normalized spacial score (nSPS) is 15.2. The quantitative estimate of drug-likeness (QED) is 0.675. The standard InChI is InChI=1S/C14H22N6O2/c1-11(21)20-8-2-12(3-9-20)19-14(22)18-7-6-17-13-10-15-4-5-16-13/h4-5,10,12H,2-3,6-9H2,1H3,(H,16,17)(H2,18,19,22). The minimum Gasteiger partial charge on any atom is -0.367 e. The van der Waals surface area contributed by atoms with E-state index in [-0.39, 0.29) is 18.0 Å². The van der Waals surface area contributed by atoms with E-state index in [1.54, 1.807) is 30.4 Å². The molecule has 0 spiro atoms. The summed E-state index contributed by atoms with van der Waals surface area (Å²) in [6.45, 7) is 4.05. The lowest BCUT2D eigenvalue weighted by molar-refractivity contribution is -0.129. The van der Waals surface area contributed by atoms with Gasteiger partial charge in [0.1, 0.15) is 5.82 Å².